The topological polar surface area (TPSA) is 52.7 Å². The van der Waals surface area contributed by atoms with Gasteiger partial charge in [-0.15, -0.1) is 0 Å². The average molecular weight is 476 g/mol. The molecule has 35 heavy (non-hydrogen) atoms. The minimum Gasteiger partial charge on any atom is -0.342 e. The highest BCUT2D eigenvalue weighted by Gasteiger charge is 2.53. The molecule has 0 aliphatic carbocycles. The summed E-state index contributed by atoms with van der Waals surface area (Å²) in [6, 6.07) is 20.2. The van der Waals surface area contributed by atoms with E-state index < -0.39 is 11.6 Å². The Hall–Kier alpha value is -2.66. The van der Waals surface area contributed by atoms with Gasteiger partial charge in [0, 0.05) is 26.1 Å². The lowest BCUT2D eigenvalue weighted by Crippen LogP contribution is -2.73. The molecule has 5 nitrogen and oxygen atoms in total. The molecule has 2 aromatic carbocycles. The lowest BCUT2D eigenvalue weighted by molar-refractivity contribution is -0.161. The van der Waals surface area contributed by atoms with Gasteiger partial charge in [-0.1, -0.05) is 80.4 Å². The predicted molar refractivity (Wildman–Crippen MR) is 141 cm³/mol. The lowest BCUT2D eigenvalue weighted by Gasteiger charge is -2.51. The van der Waals surface area contributed by atoms with Gasteiger partial charge in [0.25, 0.3) is 0 Å². The fraction of sp³-hybridized carbons (Fsp3) is 0.533. The van der Waals surface area contributed by atoms with Crippen LogP contribution in [0.1, 0.15) is 63.0 Å². The molecular formula is C30H41N3O2. The third-order valence-corrected chi connectivity index (χ3v) is 7.75. The van der Waals surface area contributed by atoms with Gasteiger partial charge in [-0.3, -0.25) is 9.59 Å². The summed E-state index contributed by atoms with van der Waals surface area (Å²) in [5, 5.41) is 3.11. The van der Waals surface area contributed by atoms with Crippen LogP contribution in [0, 0.1) is 0 Å². The Morgan fingerprint density at radius 3 is 2.11 bits per heavy atom. The van der Waals surface area contributed by atoms with Gasteiger partial charge in [0.2, 0.25) is 11.8 Å². The first-order valence-corrected chi connectivity index (χ1v) is 13.5. The Morgan fingerprint density at radius 2 is 1.46 bits per heavy atom. The largest absolute Gasteiger partial charge is 0.342 e. The number of likely N-dealkylation sites (tertiary alicyclic amines) is 1. The molecule has 0 aromatic heterocycles. The maximum Gasteiger partial charge on any atom is 0.246 e. The van der Waals surface area contributed by atoms with E-state index in [0.29, 0.717) is 13.0 Å². The number of carbonyl (C=O) groups is 2. The van der Waals surface area contributed by atoms with Crippen molar-refractivity contribution in [2.24, 2.45) is 0 Å². The molecule has 2 amide bonds. The summed E-state index contributed by atoms with van der Waals surface area (Å²) in [4.78, 5) is 31.3. The van der Waals surface area contributed by atoms with Crippen LogP contribution in [0.4, 0.5) is 0 Å². The van der Waals surface area contributed by atoms with E-state index in [2.05, 4.69) is 47.5 Å². The van der Waals surface area contributed by atoms with Gasteiger partial charge in [-0.05, 0) is 56.2 Å². The predicted octanol–water partition coefficient (Wildman–Crippen LogP) is 4.60. The van der Waals surface area contributed by atoms with Crippen molar-refractivity contribution in [3.05, 3.63) is 71.8 Å². The average Bonchev–Trinajstić information content (AvgIpc) is 2.89. The van der Waals surface area contributed by atoms with Gasteiger partial charge >= 0.3 is 0 Å². The van der Waals surface area contributed by atoms with Crippen LogP contribution in [0.2, 0.25) is 0 Å². The van der Waals surface area contributed by atoms with E-state index in [9.17, 15) is 9.59 Å². The molecule has 1 unspecified atom stereocenters. The van der Waals surface area contributed by atoms with Gasteiger partial charge in [-0.25, -0.2) is 0 Å². The van der Waals surface area contributed by atoms with Crippen molar-refractivity contribution in [3.63, 3.8) is 0 Å². The number of amides is 2. The molecule has 0 saturated carbocycles. The van der Waals surface area contributed by atoms with Crippen molar-refractivity contribution in [2.75, 3.05) is 26.2 Å². The summed E-state index contributed by atoms with van der Waals surface area (Å²) < 4.78 is 0. The van der Waals surface area contributed by atoms with Gasteiger partial charge in [0.15, 0.2) is 0 Å². The van der Waals surface area contributed by atoms with Crippen molar-refractivity contribution in [1.29, 1.82) is 0 Å². The Labute approximate surface area is 210 Å². The monoisotopic (exact) mass is 475 g/mol. The standard InChI is InChI=1S/C30H41N3O2/c1-2-20-33-28(34)27(24-26-16-10-6-11-17-26)31-29(35)30(33)18-22-32(23-19-30)21-12-4-3-7-13-25-14-8-5-9-15-25/h5-6,8-11,14-17,27H,2-4,7,12-13,18-24H2,1H3,(H,31,35). The van der Waals surface area contributed by atoms with E-state index in [1.165, 1.54) is 31.2 Å². The maximum atomic E-state index is 13.5. The summed E-state index contributed by atoms with van der Waals surface area (Å²) in [7, 11) is 0. The van der Waals surface area contributed by atoms with Crippen LogP contribution in [0.25, 0.3) is 0 Å². The molecule has 2 heterocycles. The first kappa shape index (κ1) is 25.4. The molecule has 1 N–H and O–H groups in total. The number of unbranched alkanes of at least 4 members (excludes halogenated alkanes) is 3. The molecule has 2 aromatic rings. The highest BCUT2D eigenvalue weighted by atomic mass is 16.2. The molecule has 2 aliphatic heterocycles. The number of aryl methyl sites for hydroxylation is 1. The van der Waals surface area contributed by atoms with Crippen LogP contribution in [0.3, 0.4) is 0 Å². The number of piperidine rings is 1. The van der Waals surface area contributed by atoms with E-state index in [-0.39, 0.29) is 11.8 Å². The van der Waals surface area contributed by atoms with Crippen LogP contribution in [0.15, 0.2) is 60.7 Å². The summed E-state index contributed by atoms with van der Waals surface area (Å²) in [5.41, 5.74) is 1.83. The fourth-order valence-electron chi connectivity index (χ4n) is 5.72. The van der Waals surface area contributed by atoms with E-state index in [0.717, 1.165) is 50.9 Å². The SMILES string of the molecule is CCCN1C(=O)C(Cc2ccccc2)NC(=O)C12CCN(CCCCCCc1ccccc1)CC2. The minimum absolute atomic E-state index is 0.0482. The van der Waals surface area contributed by atoms with Gasteiger partial charge in [0.1, 0.15) is 11.6 Å². The first-order valence-electron chi connectivity index (χ1n) is 13.5. The van der Waals surface area contributed by atoms with Crippen molar-refractivity contribution < 1.29 is 9.59 Å². The highest BCUT2D eigenvalue weighted by Crippen LogP contribution is 2.33. The maximum absolute atomic E-state index is 13.5. The Morgan fingerprint density at radius 1 is 0.829 bits per heavy atom. The number of nitrogens with one attached hydrogen (secondary N) is 1. The minimum atomic E-state index is -0.674. The summed E-state index contributed by atoms with van der Waals surface area (Å²) in [5.74, 6) is 0.134. The van der Waals surface area contributed by atoms with Gasteiger partial charge < -0.3 is 15.1 Å². The molecular weight excluding hydrogens is 434 g/mol. The molecule has 188 valence electrons. The zero-order valence-electron chi connectivity index (χ0n) is 21.3. The highest BCUT2D eigenvalue weighted by molar-refractivity contribution is 6.00. The van der Waals surface area contributed by atoms with E-state index in [4.69, 9.17) is 0 Å². The van der Waals surface area contributed by atoms with Crippen molar-refractivity contribution in [1.82, 2.24) is 15.1 Å². The van der Waals surface area contributed by atoms with Crippen molar-refractivity contribution in [2.45, 2.75) is 76.3 Å². The third-order valence-electron chi connectivity index (χ3n) is 7.75. The van der Waals surface area contributed by atoms with Crippen molar-refractivity contribution >= 4 is 11.8 Å². The Bertz CT molecular complexity index is 939. The number of hydrogen-bond donors (Lipinski definition) is 1. The normalized spacial score (nSPS) is 20.3. The number of rotatable bonds is 11. The Kier molecular flexibility index (Phi) is 8.97. The molecule has 2 aliphatic rings. The summed E-state index contributed by atoms with van der Waals surface area (Å²) in [6.07, 6.45) is 9.00. The third kappa shape index (κ3) is 6.32. The zero-order valence-corrected chi connectivity index (χ0v) is 21.3. The number of nitrogens with zero attached hydrogens (tertiary/aromatic N) is 2. The van der Waals surface area contributed by atoms with E-state index >= 15 is 0 Å². The quantitative estimate of drug-likeness (QED) is 0.483. The zero-order chi connectivity index (χ0) is 24.5. The molecule has 5 heteroatoms. The van der Waals surface area contributed by atoms with Crippen LogP contribution in [0.5, 0.6) is 0 Å². The molecule has 1 spiro atoms. The van der Waals surface area contributed by atoms with Crippen molar-refractivity contribution in [3.8, 4) is 0 Å². The smallest absolute Gasteiger partial charge is 0.246 e. The number of hydrogen-bond acceptors (Lipinski definition) is 3. The molecule has 1 atom stereocenters. The van der Waals surface area contributed by atoms with Crippen LogP contribution in [-0.2, 0) is 22.4 Å². The second-order valence-electron chi connectivity index (χ2n) is 10.2. The number of carbonyl (C=O) groups excluding carboxylic acids is 2. The second kappa shape index (κ2) is 12.3. The lowest BCUT2D eigenvalue weighted by atomic mass is 9.81. The second-order valence-corrected chi connectivity index (χ2v) is 10.2. The number of piperazine rings is 1. The van der Waals surface area contributed by atoms with Crippen LogP contribution < -0.4 is 5.32 Å². The first-order chi connectivity index (χ1) is 17.1. The van der Waals surface area contributed by atoms with E-state index in [1.807, 2.05) is 35.2 Å². The molecule has 4 rings (SSSR count). The summed E-state index contributed by atoms with van der Waals surface area (Å²) in [6.45, 7) is 5.59. The Balaban J connectivity index is 1.25. The van der Waals surface area contributed by atoms with Crippen LogP contribution >= 0.6 is 0 Å². The summed E-state index contributed by atoms with van der Waals surface area (Å²) >= 11 is 0. The molecule has 0 bridgehead atoms. The van der Waals surface area contributed by atoms with Gasteiger partial charge in [-0.2, -0.15) is 0 Å². The molecule has 0 radical (unpaired) electrons. The van der Waals surface area contributed by atoms with Crippen LogP contribution in [-0.4, -0.2) is 59.4 Å². The molecule has 2 fully saturated rings. The number of benzene rings is 2. The van der Waals surface area contributed by atoms with E-state index in [1.54, 1.807) is 0 Å². The van der Waals surface area contributed by atoms with Gasteiger partial charge in [0.05, 0.1) is 0 Å². The molecule has 2 saturated heterocycles. The fourth-order valence-corrected chi connectivity index (χ4v) is 5.72.